The molecule has 3 rings (SSSR count). The maximum atomic E-state index is 13.2. The normalized spacial score (nSPS) is 15.6. The predicted octanol–water partition coefficient (Wildman–Crippen LogP) is 2.65. The predicted molar refractivity (Wildman–Crippen MR) is 114 cm³/mol. The third kappa shape index (κ3) is 4.63. The first-order chi connectivity index (χ1) is 14.1. The average molecular weight is 455 g/mol. The standard InChI is InChI=1S/C20H27ClN4O4S/c1-14(2)25-16(4)20(15(3)22-25)30(27,28)24-11-9-23(10-12-24)19(26)13-29-18-7-5-17(21)6-8-18/h5-8,14H,9-13H2,1-4H3. The fraction of sp³-hybridized carbons (Fsp3) is 0.500. The molecule has 8 nitrogen and oxygen atoms in total. The molecule has 10 heteroatoms. The quantitative estimate of drug-likeness (QED) is 0.669. The highest BCUT2D eigenvalue weighted by atomic mass is 35.5. The molecule has 30 heavy (non-hydrogen) atoms. The highest BCUT2D eigenvalue weighted by Gasteiger charge is 2.34. The van der Waals surface area contributed by atoms with E-state index in [1.807, 2.05) is 13.8 Å². The number of nitrogens with zero attached hydrogens (tertiary/aromatic N) is 4. The van der Waals surface area contributed by atoms with Crippen LogP contribution in [0.2, 0.25) is 5.02 Å². The largest absolute Gasteiger partial charge is 0.484 e. The van der Waals surface area contributed by atoms with E-state index >= 15 is 0 Å². The first kappa shape index (κ1) is 22.6. The SMILES string of the molecule is Cc1nn(C(C)C)c(C)c1S(=O)(=O)N1CCN(C(=O)COc2ccc(Cl)cc2)CC1. The van der Waals surface area contributed by atoms with Crippen LogP contribution < -0.4 is 4.74 Å². The van der Waals surface area contributed by atoms with Crippen LogP contribution in [0.3, 0.4) is 0 Å². The van der Waals surface area contributed by atoms with Gasteiger partial charge < -0.3 is 9.64 Å². The van der Waals surface area contributed by atoms with Crippen molar-refractivity contribution in [3.63, 3.8) is 0 Å². The number of piperazine rings is 1. The van der Waals surface area contributed by atoms with Crippen molar-refractivity contribution in [3.05, 3.63) is 40.7 Å². The van der Waals surface area contributed by atoms with Crippen molar-refractivity contribution >= 4 is 27.5 Å². The van der Waals surface area contributed by atoms with Crippen molar-refractivity contribution in [1.82, 2.24) is 19.0 Å². The second kappa shape index (κ2) is 8.95. The summed E-state index contributed by atoms with van der Waals surface area (Å²) in [7, 11) is -3.68. The molecule has 164 valence electrons. The molecule has 0 atom stereocenters. The fourth-order valence-corrected chi connectivity index (χ4v) is 5.51. The monoisotopic (exact) mass is 454 g/mol. The van der Waals surface area contributed by atoms with Crippen LogP contribution in [0.25, 0.3) is 0 Å². The molecule has 1 aliphatic heterocycles. The molecule has 0 N–H and O–H groups in total. The summed E-state index contributed by atoms with van der Waals surface area (Å²) >= 11 is 5.84. The van der Waals surface area contributed by atoms with E-state index in [9.17, 15) is 13.2 Å². The molecule has 0 aliphatic carbocycles. The van der Waals surface area contributed by atoms with Gasteiger partial charge in [-0.15, -0.1) is 0 Å². The lowest BCUT2D eigenvalue weighted by Gasteiger charge is -2.34. The molecule has 0 spiro atoms. The minimum Gasteiger partial charge on any atom is -0.484 e. The summed E-state index contributed by atoms with van der Waals surface area (Å²) in [5, 5.41) is 4.99. The Morgan fingerprint density at radius 2 is 1.73 bits per heavy atom. The number of carbonyl (C=O) groups excluding carboxylic acids is 1. The van der Waals surface area contributed by atoms with Crippen LogP contribution in [0, 0.1) is 13.8 Å². The van der Waals surface area contributed by atoms with Crippen molar-refractivity contribution in [2.24, 2.45) is 0 Å². The average Bonchev–Trinajstić information content (AvgIpc) is 3.02. The first-order valence-corrected chi connectivity index (χ1v) is 11.6. The lowest BCUT2D eigenvalue weighted by molar-refractivity contribution is -0.134. The van der Waals surface area contributed by atoms with Crippen molar-refractivity contribution in [2.45, 2.75) is 38.6 Å². The molecule has 0 bridgehead atoms. The van der Waals surface area contributed by atoms with Crippen molar-refractivity contribution in [1.29, 1.82) is 0 Å². The first-order valence-electron chi connectivity index (χ1n) is 9.83. The zero-order valence-corrected chi connectivity index (χ0v) is 19.2. The molecule has 1 aliphatic rings. The van der Waals surface area contributed by atoms with Crippen molar-refractivity contribution in [2.75, 3.05) is 32.8 Å². The number of halogens is 1. The van der Waals surface area contributed by atoms with Crippen LogP contribution in [0.1, 0.15) is 31.3 Å². The Kier molecular flexibility index (Phi) is 6.74. The number of rotatable bonds is 6. The van der Waals surface area contributed by atoms with Crippen LogP contribution in [-0.4, -0.2) is 66.1 Å². The summed E-state index contributed by atoms with van der Waals surface area (Å²) < 4.78 is 35.1. The van der Waals surface area contributed by atoms with Crippen molar-refractivity contribution in [3.8, 4) is 5.75 Å². The van der Waals surface area contributed by atoms with Gasteiger partial charge in [0.25, 0.3) is 5.91 Å². The highest BCUT2D eigenvalue weighted by molar-refractivity contribution is 7.89. The molecule has 1 aromatic carbocycles. The van der Waals surface area contributed by atoms with Gasteiger partial charge in [0.2, 0.25) is 10.0 Å². The summed E-state index contributed by atoms with van der Waals surface area (Å²) in [6.45, 7) is 8.43. The topological polar surface area (TPSA) is 84.7 Å². The maximum absolute atomic E-state index is 13.2. The summed E-state index contributed by atoms with van der Waals surface area (Å²) in [4.78, 5) is 14.3. The van der Waals surface area contributed by atoms with E-state index < -0.39 is 10.0 Å². The lowest BCUT2D eigenvalue weighted by atomic mass is 10.3. The Labute approximate surface area is 182 Å². The second-order valence-electron chi connectivity index (χ2n) is 7.57. The number of amides is 1. The van der Waals surface area contributed by atoms with Gasteiger partial charge in [0, 0.05) is 37.2 Å². The molecule has 1 saturated heterocycles. The summed E-state index contributed by atoms with van der Waals surface area (Å²) in [6.07, 6.45) is 0. The molecule has 0 radical (unpaired) electrons. The van der Waals surface area contributed by atoms with E-state index in [0.29, 0.717) is 35.2 Å². The summed E-state index contributed by atoms with van der Waals surface area (Å²) in [6, 6.07) is 6.85. The summed E-state index contributed by atoms with van der Waals surface area (Å²) in [5.41, 5.74) is 1.13. The van der Waals surface area contributed by atoms with E-state index in [1.54, 1.807) is 47.7 Å². The zero-order valence-electron chi connectivity index (χ0n) is 17.6. The van der Waals surface area contributed by atoms with Crippen molar-refractivity contribution < 1.29 is 17.9 Å². The summed E-state index contributed by atoms with van der Waals surface area (Å²) in [5.74, 6) is 0.379. The lowest BCUT2D eigenvalue weighted by Crippen LogP contribution is -2.51. The van der Waals surface area contributed by atoms with Gasteiger partial charge in [-0.05, 0) is 52.0 Å². The minimum absolute atomic E-state index is 0.0720. The van der Waals surface area contributed by atoms with E-state index in [1.165, 1.54) is 4.31 Å². The smallest absolute Gasteiger partial charge is 0.260 e. The Bertz CT molecular complexity index is 1010. The highest BCUT2D eigenvalue weighted by Crippen LogP contribution is 2.26. The van der Waals surface area contributed by atoms with Gasteiger partial charge in [0.15, 0.2) is 6.61 Å². The number of sulfonamides is 1. The number of hydrogen-bond donors (Lipinski definition) is 0. The number of aryl methyl sites for hydroxylation is 1. The van der Waals surface area contributed by atoms with Crippen LogP contribution in [0.4, 0.5) is 0 Å². The molecule has 2 heterocycles. The Hall–Kier alpha value is -2.10. The Morgan fingerprint density at radius 3 is 2.27 bits per heavy atom. The van der Waals surface area contributed by atoms with Gasteiger partial charge in [0.05, 0.1) is 11.4 Å². The van der Waals surface area contributed by atoms with Crippen LogP contribution in [0.15, 0.2) is 29.2 Å². The van der Waals surface area contributed by atoms with E-state index in [-0.39, 0.29) is 36.5 Å². The van der Waals surface area contributed by atoms with E-state index in [4.69, 9.17) is 16.3 Å². The van der Waals surface area contributed by atoms with Gasteiger partial charge in [-0.2, -0.15) is 9.40 Å². The molecule has 1 fully saturated rings. The molecule has 0 unspecified atom stereocenters. The molecule has 2 aromatic rings. The molecule has 1 aromatic heterocycles. The Morgan fingerprint density at radius 1 is 1.13 bits per heavy atom. The second-order valence-corrected chi connectivity index (χ2v) is 9.88. The maximum Gasteiger partial charge on any atom is 0.260 e. The molecular formula is C20H27ClN4O4S. The number of ether oxygens (including phenoxy) is 1. The van der Waals surface area contributed by atoms with Crippen LogP contribution in [-0.2, 0) is 14.8 Å². The third-order valence-electron chi connectivity index (χ3n) is 5.11. The molecular weight excluding hydrogens is 428 g/mol. The number of aromatic nitrogens is 2. The van der Waals surface area contributed by atoms with Gasteiger partial charge in [-0.1, -0.05) is 11.6 Å². The number of benzene rings is 1. The minimum atomic E-state index is -3.68. The zero-order chi connectivity index (χ0) is 22.1. The van der Waals surface area contributed by atoms with E-state index in [0.717, 1.165) is 0 Å². The number of carbonyl (C=O) groups is 1. The van der Waals surface area contributed by atoms with Gasteiger partial charge in [0.1, 0.15) is 10.6 Å². The Balaban J connectivity index is 1.62. The van der Waals surface area contributed by atoms with E-state index in [2.05, 4.69) is 5.10 Å². The van der Waals surface area contributed by atoms with Gasteiger partial charge >= 0.3 is 0 Å². The number of hydrogen-bond acceptors (Lipinski definition) is 5. The third-order valence-corrected chi connectivity index (χ3v) is 7.52. The van der Waals surface area contributed by atoms with Crippen LogP contribution >= 0.6 is 11.6 Å². The van der Waals surface area contributed by atoms with Crippen LogP contribution in [0.5, 0.6) is 5.75 Å². The molecule has 0 saturated carbocycles. The van der Waals surface area contributed by atoms with Gasteiger partial charge in [-0.25, -0.2) is 8.42 Å². The molecule has 1 amide bonds. The fourth-order valence-electron chi connectivity index (χ4n) is 3.60. The van der Waals surface area contributed by atoms with Gasteiger partial charge in [-0.3, -0.25) is 9.48 Å².